The van der Waals surface area contributed by atoms with Crippen LogP contribution in [-0.2, 0) is 16.1 Å². The number of aromatic nitrogens is 1. The number of ether oxygens (including phenoxy) is 2. The second-order valence-corrected chi connectivity index (χ2v) is 7.26. The van der Waals surface area contributed by atoms with Gasteiger partial charge in [-0.05, 0) is 19.4 Å². The number of nitrogens with one attached hydrogen (secondary N) is 1. The van der Waals surface area contributed by atoms with E-state index in [-0.39, 0.29) is 24.0 Å². The predicted molar refractivity (Wildman–Crippen MR) is 94.9 cm³/mol. The van der Waals surface area contributed by atoms with Crippen molar-refractivity contribution in [2.45, 2.75) is 51.9 Å². The molecular formula is C18H24N2O4S. The highest BCUT2D eigenvalue weighted by molar-refractivity contribution is 7.07. The van der Waals surface area contributed by atoms with Gasteiger partial charge in [-0.1, -0.05) is 13.8 Å². The second-order valence-electron chi connectivity index (χ2n) is 6.55. The van der Waals surface area contributed by atoms with Crippen molar-refractivity contribution in [3.05, 3.63) is 39.7 Å². The van der Waals surface area contributed by atoms with E-state index in [1.165, 1.54) is 11.3 Å². The minimum atomic E-state index is -0.184. The van der Waals surface area contributed by atoms with E-state index in [0.29, 0.717) is 31.1 Å². The summed E-state index contributed by atoms with van der Waals surface area (Å²) in [6, 6.07) is 1.75. The van der Waals surface area contributed by atoms with Gasteiger partial charge in [-0.3, -0.25) is 4.79 Å². The molecule has 0 radical (unpaired) electrons. The molecule has 1 N–H and O–H groups in total. The lowest BCUT2D eigenvalue weighted by Crippen LogP contribution is -2.50. The maximum absolute atomic E-state index is 12.7. The Morgan fingerprint density at radius 2 is 2.36 bits per heavy atom. The first-order valence-electron chi connectivity index (χ1n) is 8.52. The third-order valence-corrected chi connectivity index (χ3v) is 4.94. The van der Waals surface area contributed by atoms with Gasteiger partial charge in [-0.2, -0.15) is 0 Å². The number of carbonyl (C=O) groups excluding carboxylic acids is 1. The monoisotopic (exact) mass is 364 g/mol. The van der Waals surface area contributed by atoms with Gasteiger partial charge in [0, 0.05) is 17.9 Å². The third-order valence-electron chi connectivity index (χ3n) is 4.30. The van der Waals surface area contributed by atoms with Crippen molar-refractivity contribution < 1.29 is 18.7 Å². The summed E-state index contributed by atoms with van der Waals surface area (Å²) in [5.74, 6) is 1.60. The Kier molecular flexibility index (Phi) is 5.88. The van der Waals surface area contributed by atoms with Gasteiger partial charge in [0.15, 0.2) is 0 Å². The molecule has 6 nitrogen and oxygen atoms in total. The number of carbonyl (C=O) groups is 1. The topological polar surface area (TPSA) is 73.6 Å². The first-order valence-corrected chi connectivity index (χ1v) is 9.46. The van der Waals surface area contributed by atoms with Crippen LogP contribution in [0, 0.1) is 6.92 Å². The van der Waals surface area contributed by atoms with Crippen LogP contribution in [0.4, 0.5) is 0 Å². The minimum absolute atomic E-state index is 0.0864. The lowest BCUT2D eigenvalue weighted by Gasteiger charge is -2.31. The molecular weight excluding hydrogens is 340 g/mol. The predicted octanol–water partition coefficient (Wildman–Crippen LogP) is 3.27. The molecule has 7 heteroatoms. The second kappa shape index (κ2) is 8.12. The summed E-state index contributed by atoms with van der Waals surface area (Å²) < 4.78 is 17.1. The Morgan fingerprint density at radius 1 is 1.52 bits per heavy atom. The molecule has 3 rings (SSSR count). The van der Waals surface area contributed by atoms with Crippen molar-refractivity contribution in [3.8, 4) is 0 Å². The normalized spacial score (nSPS) is 20.8. The number of aryl methyl sites for hydroxylation is 1. The molecule has 1 amide bonds. The van der Waals surface area contributed by atoms with Crippen molar-refractivity contribution >= 4 is 17.2 Å². The average molecular weight is 364 g/mol. The summed E-state index contributed by atoms with van der Waals surface area (Å²) in [6.45, 7) is 7.41. The number of hydrogen-bond donors (Lipinski definition) is 1. The van der Waals surface area contributed by atoms with E-state index < -0.39 is 0 Å². The van der Waals surface area contributed by atoms with Crippen LogP contribution >= 0.6 is 11.3 Å². The Labute approximate surface area is 151 Å². The number of thiazole rings is 1. The van der Waals surface area contributed by atoms with E-state index in [2.05, 4.69) is 10.3 Å². The van der Waals surface area contributed by atoms with Gasteiger partial charge >= 0.3 is 0 Å². The van der Waals surface area contributed by atoms with Gasteiger partial charge in [0.1, 0.15) is 17.6 Å². The molecule has 0 spiro atoms. The summed E-state index contributed by atoms with van der Waals surface area (Å²) >= 11 is 1.54. The van der Waals surface area contributed by atoms with Crippen LogP contribution < -0.4 is 5.32 Å². The Balaban J connectivity index is 1.63. The van der Waals surface area contributed by atoms with E-state index in [1.807, 2.05) is 32.2 Å². The smallest absolute Gasteiger partial charge is 0.255 e. The summed E-state index contributed by atoms with van der Waals surface area (Å²) in [4.78, 5) is 16.9. The van der Waals surface area contributed by atoms with E-state index in [4.69, 9.17) is 13.9 Å². The zero-order chi connectivity index (χ0) is 17.8. The highest BCUT2D eigenvalue weighted by Crippen LogP contribution is 2.22. The standard InChI is InChI=1S/C18H24N2O4S/c1-11(2)16-6-14(12(3)24-16)18(21)20-15-4-5-22-8-17(15)23-7-13-9-25-10-19-13/h6,9-11,15,17H,4-5,7-8H2,1-3H3,(H,20,21)/t15-,17-/m1/s1. The maximum atomic E-state index is 12.7. The summed E-state index contributed by atoms with van der Waals surface area (Å²) in [7, 11) is 0. The summed E-state index contributed by atoms with van der Waals surface area (Å²) in [5.41, 5.74) is 3.27. The summed E-state index contributed by atoms with van der Waals surface area (Å²) in [6.07, 6.45) is 0.540. The molecule has 1 aliphatic rings. The highest BCUT2D eigenvalue weighted by atomic mass is 32.1. The Morgan fingerprint density at radius 3 is 3.04 bits per heavy atom. The number of rotatable bonds is 6. The molecule has 1 saturated heterocycles. The Bertz CT molecular complexity index is 696. The zero-order valence-electron chi connectivity index (χ0n) is 14.8. The van der Waals surface area contributed by atoms with E-state index >= 15 is 0 Å². The fourth-order valence-corrected chi connectivity index (χ4v) is 3.35. The number of furan rings is 1. The van der Waals surface area contributed by atoms with Crippen LogP contribution in [0.5, 0.6) is 0 Å². The fraction of sp³-hybridized carbons (Fsp3) is 0.556. The van der Waals surface area contributed by atoms with Gasteiger partial charge in [-0.15, -0.1) is 11.3 Å². The lowest BCUT2D eigenvalue weighted by molar-refractivity contribution is -0.0742. The molecule has 2 aromatic rings. The number of hydrogen-bond acceptors (Lipinski definition) is 6. The molecule has 1 aliphatic heterocycles. The quantitative estimate of drug-likeness (QED) is 0.851. The molecule has 3 heterocycles. The SMILES string of the molecule is Cc1oc(C(C)C)cc1C(=O)N[C@@H]1CCOC[C@H]1OCc1cscn1. The molecule has 2 aromatic heterocycles. The molecule has 0 saturated carbocycles. The van der Waals surface area contributed by atoms with Crippen LogP contribution in [0.3, 0.4) is 0 Å². The van der Waals surface area contributed by atoms with Crippen molar-refractivity contribution in [3.63, 3.8) is 0 Å². The van der Waals surface area contributed by atoms with Gasteiger partial charge in [0.05, 0.1) is 36.0 Å². The number of amides is 1. The minimum Gasteiger partial charge on any atom is -0.465 e. The highest BCUT2D eigenvalue weighted by Gasteiger charge is 2.29. The van der Waals surface area contributed by atoms with E-state index in [9.17, 15) is 4.79 Å². The molecule has 0 aliphatic carbocycles. The van der Waals surface area contributed by atoms with Crippen LogP contribution in [-0.4, -0.2) is 36.3 Å². The largest absolute Gasteiger partial charge is 0.465 e. The molecule has 136 valence electrons. The fourth-order valence-electron chi connectivity index (χ4n) is 2.80. The molecule has 0 aromatic carbocycles. The lowest BCUT2D eigenvalue weighted by atomic mass is 10.0. The van der Waals surface area contributed by atoms with Crippen LogP contribution in [0.2, 0.25) is 0 Å². The molecule has 0 bridgehead atoms. The first-order chi connectivity index (χ1) is 12.0. The van der Waals surface area contributed by atoms with Crippen LogP contribution in [0.15, 0.2) is 21.4 Å². The van der Waals surface area contributed by atoms with Crippen molar-refractivity contribution in [2.24, 2.45) is 0 Å². The van der Waals surface area contributed by atoms with Crippen molar-refractivity contribution in [2.75, 3.05) is 13.2 Å². The van der Waals surface area contributed by atoms with E-state index in [0.717, 1.165) is 17.9 Å². The van der Waals surface area contributed by atoms with Gasteiger partial charge in [0.2, 0.25) is 0 Å². The third kappa shape index (κ3) is 4.48. The average Bonchev–Trinajstić information content (AvgIpc) is 3.23. The zero-order valence-corrected chi connectivity index (χ0v) is 15.6. The van der Waals surface area contributed by atoms with Crippen molar-refractivity contribution in [1.29, 1.82) is 0 Å². The van der Waals surface area contributed by atoms with Crippen LogP contribution in [0.25, 0.3) is 0 Å². The molecule has 0 unspecified atom stereocenters. The van der Waals surface area contributed by atoms with Gasteiger partial charge in [0.25, 0.3) is 5.91 Å². The van der Waals surface area contributed by atoms with Crippen molar-refractivity contribution in [1.82, 2.24) is 10.3 Å². The maximum Gasteiger partial charge on any atom is 0.255 e. The molecule has 1 fully saturated rings. The van der Waals surface area contributed by atoms with Crippen LogP contribution in [0.1, 0.15) is 53.8 Å². The van der Waals surface area contributed by atoms with Gasteiger partial charge in [-0.25, -0.2) is 4.98 Å². The van der Waals surface area contributed by atoms with Gasteiger partial charge < -0.3 is 19.2 Å². The first kappa shape index (κ1) is 18.1. The molecule has 25 heavy (non-hydrogen) atoms. The molecule has 2 atom stereocenters. The summed E-state index contributed by atoms with van der Waals surface area (Å²) in [5, 5.41) is 5.04. The Hall–Kier alpha value is -1.70. The number of nitrogens with zero attached hydrogens (tertiary/aromatic N) is 1. The van der Waals surface area contributed by atoms with E-state index in [1.54, 1.807) is 5.51 Å².